The fraction of sp³-hybridized carbons (Fsp3) is 0.208. The molecule has 0 amide bonds. The van der Waals surface area contributed by atoms with Gasteiger partial charge >= 0.3 is 5.97 Å². The number of esters is 1. The van der Waals surface area contributed by atoms with Crippen LogP contribution in [0.2, 0.25) is 5.02 Å². The SMILES string of the molecule is COc1ccnc(C(=S)NCC(=O)OC(C)Cc2ccccc2)c1O.Oc1ccccc1Cl. The van der Waals surface area contributed by atoms with Crippen LogP contribution in [-0.2, 0) is 16.0 Å². The summed E-state index contributed by atoms with van der Waals surface area (Å²) in [6.45, 7) is 1.72. The number of hydrogen-bond acceptors (Lipinski definition) is 7. The standard InChI is InChI=1S/C18H20N2O4S.C6H5ClO/c1-12(10-13-6-4-3-5-7-13)24-15(21)11-20-18(25)16-17(22)14(23-2)8-9-19-16;7-5-3-1-2-4-6(5)8/h3-9,12,22H,10-11H2,1-2H3,(H,20,25);1-4,8H. The topological polar surface area (TPSA) is 101 Å². The van der Waals surface area contributed by atoms with Crippen molar-refractivity contribution in [3.8, 4) is 17.2 Å². The van der Waals surface area contributed by atoms with Gasteiger partial charge in [-0.3, -0.25) is 4.79 Å². The van der Waals surface area contributed by atoms with Crippen LogP contribution in [0.3, 0.4) is 0 Å². The number of methoxy groups -OCH3 is 1. The Bertz CT molecular complexity index is 1040. The molecule has 0 spiro atoms. The molecule has 0 radical (unpaired) electrons. The number of aromatic hydroxyl groups is 2. The lowest BCUT2D eigenvalue weighted by Crippen LogP contribution is -2.32. The number of ether oxygens (including phenoxy) is 2. The number of carbonyl (C=O) groups excluding carboxylic acids is 1. The van der Waals surface area contributed by atoms with Crippen LogP contribution in [-0.4, -0.2) is 45.9 Å². The number of carbonyl (C=O) groups is 1. The van der Waals surface area contributed by atoms with Crippen molar-refractivity contribution in [2.45, 2.75) is 19.4 Å². The summed E-state index contributed by atoms with van der Waals surface area (Å²) in [7, 11) is 1.43. The van der Waals surface area contributed by atoms with Crippen LogP contribution < -0.4 is 10.1 Å². The van der Waals surface area contributed by atoms with E-state index in [9.17, 15) is 9.90 Å². The number of phenolic OH excluding ortho intramolecular Hbond substituents is 1. The molecule has 1 heterocycles. The summed E-state index contributed by atoms with van der Waals surface area (Å²) in [6, 6.07) is 18.0. The fourth-order valence-electron chi connectivity index (χ4n) is 2.71. The number of nitrogens with zero attached hydrogens (tertiary/aromatic N) is 1. The predicted octanol–water partition coefficient (Wildman–Crippen LogP) is 4.28. The third kappa shape index (κ3) is 8.59. The zero-order chi connectivity index (χ0) is 24.2. The number of halogens is 1. The van der Waals surface area contributed by atoms with Crippen molar-refractivity contribution in [2.75, 3.05) is 13.7 Å². The quantitative estimate of drug-likeness (QED) is 0.334. The normalized spacial score (nSPS) is 10.9. The van der Waals surface area contributed by atoms with Gasteiger partial charge in [0.1, 0.15) is 29.1 Å². The molecule has 1 unspecified atom stereocenters. The Balaban J connectivity index is 0.000000405. The van der Waals surface area contributed by atoms with Crippen LogP contribution in [0.4, 0.5) is 0 Å². The summed E-state index contributed by atoms with van der Waals surface area (Å²) in [6.07, 6.45) is 1.84. The molecule has 0 bridgehead atoms. The van der Waals surface area contributed by atoms with E-state index in [4.69, 9.17) is 38.4 Å². The van der Waals surface area contributed by atoms with Crippen LogP contribution in [0.1, 0.15) is 18.2 Å². The van der Waals surface area contributed by atoms with Gasteiger partial charge in [0, 0.05) is 18.7 Å². The zero-order valence-corrected chi connectivity index (χ0v) is 19.8. The van der Waals surface area contributed by atoms with Crippen LogP contribution in [0.5, 0.6) is 17.2 Å². The zero-order valence-electron chi connectivity index (χ0n) is 18.2. The van der Waals surface area contributed by atoms with Gasteiger partial charge in [-0.25, -0.2) is 4.98 Å². The molecule has 7 nitrogen and oxygen atoms in total. The Hall–Kier alpha value is -3.36. The van der Waals surface area contributed by atoms with E-state index in [2.05, 4.69) is 10.3 Å². The average molecular weight is 489 g/mol. The highest BCUT2D eigenvalue weighted by Crippen LogP contribution is 2.27. The van der Waals surface area contributed by atoms with Gasteiger partial charge < -0.3 is 25.0 Å². The summed E-state index contributed by atoms with van der Waals surface area (Å²) in [5.74, 6) is -0.219. The molecule has 1 atom stereocenters. The van der Waals surface area contributed by atoms with Gasteiger partial charge in [-0.15, -0.1) is 0 Å². The number of phenols is 1. The minimum atomic E-state index is -0.437. The van der Waals surface area contributed by atoms with Crippen LogP contribution in [0.15, 0.2) is 66.9 Å². The number of benzene rings is 2. The lowest BCUT2D eigenvalue weighted by molar-refractivity contribution is -0.146. The first-order valence-electron chi connectivity index (χ1n) is 9.98. The minimum absolute atomic E-state index is 0.115. The summed E-state index contributed by atoms with van der Waals surface area (Å²) in [5.41, 5.74) is 1.25. The second-order valence-corrected chi connectivity index (χ2v) is 7.65. The second-order valence-electron chi connectivity index (χ2n) is 6.83. The van der Waals surface area contributed by atoms with Gasteiger partial charge in [-0.2, -0.15) is 0 Å². The Morgan fingerprint density at radius 3 is 2.39 bits per heavy atom. The highest BCUT2D eigenvalue weighted by molar-refractivity contribution is 7.80. The van der Waals surface area contributed by atoms with Crippen molar-refractivity contribution in [3.05, 3.63) is 83.1 Å². The fourth-order valence-corrected chi connectivity index (χ4v) is 3.07. The Morgan fingerprint density at radius 2 is 1.79 bits per heavy atom. The summed E-state index contributed by atoms with van der Waals surface area (Å²) in [4.78, 5) is 16.1. The van der Waals surface area contributed by atoms with E-state index >= 15 is 0 Å². The van der Waals surface area contributed by atoms with E-state index in [0.29, 0.717) is 11.4 Å². The molecule has 3 rings (SSSR count). The number of para-hydroxylation sites is 1. The van der Waals surface area contributed by atoms with Crippen molar-refractivity contribution < 1.29 is 24.5 Å². The van der Waals surface area contributed by atoms with E-state index in [1.807, 2.05) is 37.3 Å². The largest absolute Gasteiger partial charge is 0.506 e. The lowest BCUT2D eigenvalue weighted by Gasteiger charge is -2.14. The Morgan fingerprint density at radius 1 is 1.12 bits per heavy atom. The molecular formula is C24H25ClN2O5S. The van der Waals surface area contributed by atoms with Crippen molar-refractivity contribution >= 4 is 34.8 Å². The highest BCUT2D eigenvalue weighted by atomic mass is 35.5. The average Bonchev–Trinajstić information content (AvgIpc) is 2.80. The Labute approximate surface area is 203 Å². The molecule has 1 aromatic heterocycles. The third-order valence-corrected chi connectivity index (χ3v) is 4.92. The number of nitrogens with one attached hydrogen (secondary N) is 1. The summed E-state index contributed by atoms with van der Waals surface area (Å²) in [5, 5.41) is 21.9. The van der Waals surface area contributed by atoms with Gasteiger partial charge in [-0.1, -0.05) is 66.3 Å². The van der Waals surface area contributed by atoms with Gasteiger partial charge in [0.25, 0.3) is 0 Å². The van der Waals surface area contributed by atoms with Crippen molar-refractivity contribution in [3.63, 3.8) is 0 Å². The van der Waals surface area contributed by atoms with Gasteiger partial charge in [0.2, 0.25) is 0 Å². The van der Waals surface area contributed by atoms with Gasteiger partial charge in [-0.05, 0) is 24.6 Å². The lowest BCUT2D eigenvalue weighted by atomic mass is 10.1. The number of hydrogen-bond donors (Lipinski definition) is 3. The van der Waals surface area contributed by atoms with E-state index in [1.165, 1.54) is 19.4 Å². The van der Waals surface area contributed by atoms with Crippen LogP contribution >= 0.6 is 23.8 Å². The minimum Gasteiger partial charge on any atom is -0.506 e. The molecule has 9 heteroatoms. The van der Waals surface area contributed by atoms with E-state index in [1.54, 1.807) is 24.3 Å². The molecule has 174 valence electrons. The van der Waals surface area contributed by atoms with Crippen molar-refractivity contribution in [1.29, 1.82) is 0 Å². The van der Waals surface area contributed by atoms with Gasteiger partial charge in [0.05, 0.1) is 12.1 Å². The molecule has 0 aliphatic carbocycles. The number of pyridine rings is 1. The summed E-state index contributed by atoms with van der Waals surface area (Å²) >= 11 is 10.6. The predicted molar refractivity (Wildman–Crippen MR) is 131 cm³/mol. The molecule has 3 aromatic rings. The first-order chi connectivity index (χ1) is 15.8. The van der Waals surface area contributed by atoms with E-state index in [-0.39, 0.29) is 40.6 Å². The maximum absolute atomic E-state index is 11.9. The first-order valence-corrected chi connectivity index (χ1v) is 10.8. The molecular weight excluding hydrogens is 464 g/mol. The highest BCUT2D eigenvalue weighted by Gasteiger charge is 2.15. The number of thiocarbonyl (C=S) groups is 1. The van der Waals surface area contributed by atoms with Crippen molar-refractivity contribution in [2.24, 2.45) is 0 Å². The molecule has 0 aliphatic heterocycles. The maximum Gasteiger partial charge on any atom is 0.325 e. The number of aromatic nitrogens is 1. The number of rotatable bonds is 7. The molecule has 0 saturated carbocycles. The monoisotopic (exact) mass is 488 g/mol. The first kappa shape index (κ1) is 25.9. The van der Waals surface area contributed by atoms with Crippen molar-refractivity contribution in [1.82, 2.24) is 10.3 Å². The maximum atomic E-state index is 11.9. The second kappa shape index (κ2) is 13.2. The van der Waals surface area contributed by atoms with Gasteiger partial charge in [0.15, 0.2) is 11.5 Å². The molecule has 0 aliphatic rings. The molecule has 2 aromatic carbocycles. The molecule has 33 heavy (non-hydrogen) atoms. The smallest absolute Gasteiger partial charge is 0.325 e. The van der Waals surface area contributed by atoms with E-state index in [0.717, 1.165) is 5.56 Å². The molecule has 0 saturated heterocycles. The molecule has 3 N–H and O–H groups in total. The third-order valence-electron chi connectivity index (χ3n) is 4.27. The Kier molecular flexibility index (Phi) is 10.4. The summed E-state index contributed by atoms with van der Waals surface area (Å²) < 4.78 is 10.3. The van der Waals surface area contributed by atoms with E-state index < -0.39 is 5.97 Å². The van der Waals surface area contributed by atoms with Crippen LogP contribution in [0, 0.1) is 0 Å². The molecule has 0 fully saturated rings. The van der Waals surface area contributed by atoms with Crippen LogP contribution in [0.25, 0.3) is 0 Å².